The number of nitrogens with one attached hydrogen (secondary N) is 1. The van der Waals surface area contributed by atoms with Crippen LogP contribution >= 0.6 is 12.4 Å². The highest BCUT2D eigenvalue weighted by Gasteiger charge is 2.28. The number of nitrogens with zero attached hydrogens (tertiary/aromatic N) is 1. The van der Waals surface area contributed by atoms with Gasteiger partial charge in [-0.1, -0.05) is 6.07 Å². The van der Waals surface area contributed by atoms with Gasteiger partial charge in [0, 0.05) is 11.3 Å². The van der Waals surface area contributed by atoms with E-state index in [2.05, 4.69) is 5.32 Å². The van der Waals surface area contributed by atoms with E-state index in [1.807, 2.05) is 12.1 Å². The Morgan fingerprint density at radius 1 is 1.35 bits per heavy atom. The fourth-order valence-electron chi connectivity index (χ4n) is 3.37. The van der Waals surface area contributed by atoms with Crippen molar-refractivity contribution in [3.63, 3.8) is 0 Å². The van der Waals surface area contributed by atoms with Crippen LogP contribution in [0.2, 0.25) is 0 Å². The van der Waals surface area contributed by atoms with Crippen LogP contribution in [0.3, 0.4) is 0 Å². The highest BCUT2D eigenvalue weighted by molar-refractivity contribution is 5.99. The molecule has 6 nitrogen and oxygen atoms in total. The van der Waals surface area contributed by atoms with Crippen LogP contribution in [-0.2, 0) is 6.42 Å². The third-order valence-electron chi connectivity index (χ3n) is 4.48. The zero-order chi connectivity index (χ0) is 18.1. The summed E-state index contributed by atoms with van der Waals surface area (Å²) in [7, 11) is 0. The Labute approximate surface area is 156 Å². The molecule has 3 N–H and O–H groups in total. The van der Waals surface area contributed by atoms with Crippen molar-refractivity contribution in [1.29, 1.82) is 0 Å². The smallest absolute Gasteiger partial charge is 0.285 e. The average Bonchev–Trinajstić information content (AvgIpc) is 2.53. The quantitative estimate of drug-likeness (QED) is 0.480. The van der Waals surface area contributed by atoms with E-state index < -0.39 is 16.6 Å². The second-order valence-electron chi connectivity index (χ2n) is 6.25. The lowest BCUT2D eigenvalue weighted by molar-refractivity contribution is -0.385. The lowest BCUT2D eigenvalue weighted by atomic mass is 9.87. The number of nitrogen functional groups attached to an aromatic ring is 1. The molecular weight excluding hydrogens is 361 g/mol. The summed E-state index contributed by atoms with van der Waals surface area (Å²) in [5.41, 5.74) is 7.95. The van der Waals surface area contributed by atoms with Crippen molar-refractivity contribution in [2.45, 2.75) is 32.2 Å². The van der Waals surface area contributed by atoms with Gasteiger partial charge in [0.2, 0.25) is 0 Å². The van der Waals surface area contributed by atoms with E-state index in [-0.39, 0.29) is 35.3 Å². The SMILES string of the molecule is Cc1cc(F)cc(C(=O)NC2CCCc3cc(N)ccc32)c1[N+](=O)[O-].Cl. The van der Waals surface area contributed by atoms with Crippen LogP contribution in [0.5, 0.6) is 0 Å². The van der Waals surface area contributed by atoms with E-state index in [1.165, 1.54) is 6.92 Å². The highest BCUT2D eigenvalue weighted by atomic mass is 35.5. The zero-order valence-electron chi connectivity index (χ0n) is 14.1. The molecule has 0 radical (unpaired) electrons. The summed E-state index contributed by atoms with van der Waals surface area (Å²) in [6.07, 6.45) is 2.45. The maximum atomic E-state index is 13.7. The fourth-order valence-corrected chi connectivity index (χ4v) is 3.37. The number of carbonyl (C=O) groups excluding carboxylic acids is 1. The molecule has 1 aliphatic carbocycles. The van der Waals surface area contributed by atoms with Crippen molar-refractivity contribution in [1.82, 2.24) is 5.32 Å². The number of nitrogens with two attached hydrogens (primary N) is 1. The lowest BCUT2D eigenvalue weighted by Crippen LogP contribution is -2.31. The maximum absolute atomic E-state index is 13.7. The van der Waals surface area contributed by atoms with Gasteiger partial charge in [-0.15, -0.1) is 12.4 Å². The molecule has 2 aromatic rings. The van der Waals surface area contributed by atoms with Gasteiger partial charge in [0.25, 0.3) is 11.6 Å². The minimum atomic E-state index is -0.676. The number of hydrogen-bond donors (Lipinski definition) is 2. The van der Waals surface area contributed by atoms with Crippen molar-refractivity contribution < 1.29 is 14.1 Å². The molecule has 1 atom stereocenters. The predicted molar refractivity (Wildman–Crippen MR) is 99.0 cm³/mol. The van der Waals surface area contributed by atoms with Gasteiger partial charge in [0.15, 0.2) is 0 Å². The Balaban J connectivity index is 0.00000243. The number of hydrogen-bond acceptors (Lipinski definition) is 4. The molecule has 0 bridgehead atoms. The van der Waals surface area contributed by atoms with E-state index >= 15 is 0 Å². The summed E-state index contributed by atoms with van der Waals surface area (Å²) >= 11 is 0. The topological polar surface area (TPSA) is 98.3 Å². The van der Waals surface area contributed by atoms with E-state index in [4.69, 9.17) is 5.73 Å². The molecule has 0 saturated carbocycles. The number of rotatable bonds is 3. The first-order chi connectivity index (χ1) is 11.9. The summed E-state index contributed by atoms with van der Waals surface area (Å²) < 4.78 is 13.7. The number of amides is 1. The third-order valence-corrected chi connectivity index (χ3v) is 4.48. The van der Waals surface area contributed by atoms with Crippen LogP contribution in [0.25, 0.3) is 0 Å². The molecule has 0 saturated heterocycles. The van der Waals surface area contributed by atoms with E-state index in [1.54, 1.807) is 6.07 Å². The zero-order valence-corrected chi connectivity index (χ0v) is 14.9. The first-order valence-electron chi connectivity index (χ1n) is 8.00. The molecule has 0 spiro atoms. The minimum Gasteiger partial charge on any atom is -0.399 e. The number of anilines is 1. The van der Waals surface area contributed by atoms with Crippen molar-refractivity contribution in [2.24, 2.45) is 0 Å². The summed E-state index contributed by atoms with van der Waals surface area (Å²) in [6.45, 7) is 1.41. The van der Waals surface area contributed by atoms with Crippen molar-refractivity contribution in [2.75, 3.05) is 5.73 Å². The Kier molecular flexibility index (Phi) is 5.82. The third kappa shape index (κ3) is 3.77. The van der Waals surface area contributed by atoms with Gasteiger partial charge in [0.05, 0.1) is 11.0 Å². The Hall–Kier alpha value is -2.67. The van der Waals surface area contributed by atoms with Crippen molar-refractivity contribution >= 4 is 29.7 Å². The molecule has 1 amide bonds. The Morgan fingerprint density at radius 2 is 2.08 bits per heavy atom. The molecule has 3 rings (SSSR count). The average molecular weight is 380 g/mol. The summed E-state index contributed by atoms with van der Waals surface area (Å²) in [4.78, 5) is 23.2. The molecule has 0 aliphatic heterocycles. The summed E-state index contributed by atoms with van der Waals surface area (Å²) in [6, 6.07) is 7.18. The monoisotopic (exact) mass is 379 g/mol. The highest BCUT2D eigenvalue weighted by Crippen LogP contribution is 2.32. The van der Waals surface area contributed by atoms with Gasteiger partial charge in [-0.3, -0.25) is 14.9 Å². The van der Waals surface area contributed by atoms with Gasteiger partial charge in [0.1, 0.15) is 11.4 Å². The lowest BCUT2D eigenvalue weighted by Gasteiger charge is -2.26. The number of aryl methyl sites for hydroxylation is 2. The second kappa shape index (κ2) is 7.70. The Bertz CT molecular complexity index is 873. The molecule has 2 aromatic carbocycles. The van der Waals surface area contributed by atoms with Gasteiger partial charge >= 0.3 is 0 Å². The van der Waals surface area contributed by atoms with Gasteiger partial charge in [-0.05, 0) is 61.6 Å². The van der Waals surface area contributed by atoms with E-state index in [9.17, 15) is 19.3 Å². The fraction of sp³-hybridized carbons (Fsp3) is 0.278. The van der Waals surface area contributed by atoms with Gasteiger partial charge < -0.3 is 11.1 Å². The largest absolute Gasteiger partial charge is 0.399 e. The molecule has 0 heterocycles. The number of carbonyl (C=O) groups is 1. The van der Waals surface area contributed by atoms with Crippen LogP contribution in [0.4, 0.5) is 15.8 Å². The van der Waals surface area contributed by atoms with Crippen molar-refractivity contribution in [3.8, 4) is 0 Å². The number of benzene rings is 2. The molecule has 0 fully saturated rings. The van der Waals surface area contributed by atoms with Crippen LogP contribution < -0.4 is 11.1 Å². The summed E-state index contributed by atoms with van der Waals surface area (Å²) in [5, 5.41) is 14.1. The Morgan fingerprint density at radius 3 is 2.77 bits per heavy atom. The number of nitro groups is 1. The van der Waals surface area contributed by atoms with Gasteiger partial charge in [-0.25, -0.2) is 4.39 Å². The number of halogens is 2. The maximum Gasteiger partial charge on any atom is 0.285 e. The predicted octanol–water partition coefficient (Wildman–Crippen LogP) is 3.85. The first-order valence-corrected chi connectivity index (χ1v) is 8.00. The second-order valence-corrected chi connectivity index (χ2v) is 6.25. The number of nitro benzene ring substituents is 1. The standard InChI is InChI=1S/C18H18FN3O3.ClH/c1-10-7-12(19)9-15(17(10)22(24)25)18(23)21-16-4-2-3-11-8-13(20)5-6-14(11)16;/h5-9,16H,2-4,20H2,1H3,(H,21,23);1H. The molecule has 0 aromatic heterocycles. The van der Waals surface area contributed by atoms with Crippen LogP contribution in [0.15, 0.2) is 30.3 Å². The summed E-state index contributed by atoms with van der Waals surface area (Å²) in [5.74, 6) is -1.32. The number of fused-ring (bicyclic) bond motifs is 1. The van der Waals surface area contributed by atoms with Crippen LogP contribution in [0, 0.1) is 22.9 Å². The molecule has 26 heavy (non-hydrogen) atoms. The van der Waals surface area contributed by atoms with Gasteiger partial charge in [-0.2, -0.15) is 0 Å². The molecule has 1 aliphatic rings. The molecule has 8 heteroatoms. The van der Waals surface area contributed by atoms with Crippen LogP contribution in [0.1, 0.15) is 45.9 Å². The minimum absolute atomic E-state index is 0. The molecular formula is C18H19ClFN3O3. The molecule has 138 valence electrons. The van der Waals surface area contributed by atoms with Crippen molar-refractivity contribution in [3.05, 3.63) is 68.5 Å². The normalized spacial score (nSPS) is 15.5. The molecule has 1 unspecified atom stereocenters. The van der Waals surface area contributed by atoms with E-state index in [0.29, 0.717) is 12.1 Å². The first kappa shape index (κ1) is 19.7. The van der Waals surface area contributed by atoms with Crippen LogP contribution in [-0.4, -0.2) is 10.8 Å². The van der Waals surface area contributed by atoms with E-state index in [0.717, 1.165) is 36.1 Å².